The van der Waals surface area contributed by atoms with Gasteiger partial charge in [-0.25, -0.2) is 9.59 Å². The number of aliphatic carboxylic acids is 3. The van der Waals surface area contributed by atoms with E-state index < -0.39 is 48.2 Å². The van der Waals surface area contributed by atoms with Crippen LogP contribution in [-0.2, 0) is 30.5 Å². The Balaban J connectivity index is 0.00000127. The van der Waals surface area contributed by atoms with E-state index in [4.69, 9.17) is 10.2 Å². The summed E-state index contributed by atoms with van der Waals surface area (Å²) in [6, 6.07) is 4.66. The molecule has 0 radical (unpaired) electrons. The molecule has 0 fully saturated rings. The van der Waals surface area contributed by atoms with Crippen molar-refractivity contribution in [3.63, 3.8) is 0 Å². The highest BCUT2D eigenvalue weighted by Crippen LogP contribution is 2.14. The number of hydrogen-bond acceptors (Lipinski definition) is 6. The van der Waals surface area contributed by atoms with Crippen LogP contribution in [0.3, 0.4) is 0 Å². The lowest BCUT2D eigenvalue weighted by molar-refractivity contribution is -0.147. The molecule has 0 aliphatic carbocycles. The van der Waals surface area contributed by atoms with E-state index in [0.29, 0.717) is 31.4 Å². The number of unbranched alkanes of at least 4 members (excludes halogenated alkanes) is 20. The van der Waals surface area contributed by atoms with Crippen molar-refractivity contribution in [3.05, 3.63) is 35.4 Å². The summed E-state index contributed by atoms with van der Waals surface area (Å²) in [7, 11) is 0. The molecule has 12 nitrogen and oxygen atoms in total. The second-order valence-corrected chi connectivity index (χ2v) is 16.1. The van der Waals surface area contributed by atoms with Gasteiger partial charge in [0.1, 0.15) is 12.1 Å². The molecule has 1 aromatic carbocycles. The van der Waals surface area contributed by atoms with E-state index in [0.717, 1.165) is 31.2 Å². The predicted octanol–water partition coefficient (Wildman–Crippen LogP) is 9.96. The third-order valence-electron chi connectivity index (χ3n) is 10.0. The van der Waals surface area contributed by atoms with Gasteiger partial charge in [0, 0.05) is 24.9 Å². The first kappa shape index (κ1) is 54.0. The topological polar surface area (TPSA) is 199 Å². The average molecular weight is 818 g/mol. The third-order valence-corrected chi connectivity index (χ3v) is 10.0. The molecule has 0 aromatic heterocycles. The number of carbonyl (C=O) groups excluding carboxylic acids is 3. The maximum absolute atomic E-state index is 12.4. The van der Waals surface area contributed by atoms with E-state index in [1.807, 2.05) is 13.8 Å². The van der Waals surface area contributed by atoms with Crippen LogP contribution < -0.4 is 16.0 Å². The number of carboxylic acid groups (broad SMARTS) is 3. The highest BCUT2D eigenvalue weighted by atomic mass is 16.4. The molecular formula is C46H79N3O9. The van der Waals surface area contributed by atoms with Gasteiger partial charge in [-0.15, -0.1) is 0 Å². The van der Waals surface area contributed by atoms with Gasteiger partial charge in [0.25, 0.3) is 5.91 Å². The Morgan fingerprint density at radius 1 is 0.517 bits per heavy atom. The zero-order chi connectivity index (χ0) is 43.4. The lowest BCUT2D eigenvalue weighted by Crippen LogP contribution is -2.42. The maximum atomic E-state index is 12.4. The molecule has 0 saturated heterocycles. The van der Waals surface area contributed by atoms with Crippen LogP contribution in [0.2, 0.25) is 0 Å². The Kier molecular flexibility index (Phi) is 33.7. The largest absolute Gasteiger partial charge is 0.481 e. The van der Waals surface area contributed by atoms with Crippen molar-refractivity contribution in [1.29, 1.82) is 0 Å². The lowest BCUT2D eigenvalue weighted by Gasteiger charge is -2.16. The van der Waals surface area contributed by atoms with Crippen LogP contribution in [0.15, 0.2) is 24.3 Å². The van der Waals surface area contributed by atoms with Crippen molar-refractivity contribution in [3.8, 4) is 0 Å². The first-order chi connectivity index (χ1) is 27.8. The average Bonchev–Trinajstić information content (AvgIpc) is 3.17. The number of carbonyl (C=O) groups is 6. The van der Waals surface area contributed by atoms with Crippen LogP contribution in [-0.4, -0.2) is 63.0 Å². The van der Waals surface area contributed by atoms with Crippen molar-refractivity contribution in [1.82, 2.24) is 16.0 Å². The normalized spacial score (nSPS) is 11.9. The highest BCUT2D eigenvalue weighted by molar-refractivity contribution is 5.96. The van der Waals surface area contributed by atoms with E-state index in [1.54, 1.807) is 24.3 Å². The number of amides is 3. The maximum Gasteiger partial charge on any atom is 0.326 e. The quantitative estimate of drug-likeness (QED) is 0.0361. The molecule has 0 heterocycles. The van der Waals surface area contributed by atoms with Crippen LogP contribution in [0.1, 0.15) is 211 Å². The second kappa shape index (κ2) is 36.1. The van der Waals surface area contributed by atoms with Gasteiger partial charge in [0.2, 0.25) is 11.8 Å². The standard InChI is InChI=1S/C30H50N2O4.C16H29NO5/c1-4-5-6-7-8-9-10-11-12-13-14-15-16-17-28(33)31-23-25-18-20-26(21-19-25)29(34)32-27(30(35)36)22-24(2)3;1-2-3-4-5-6-7-8-9-10-11-14(18)17-13(16(21)22)12-15(19)20/h18-21,24,27H,4-17,22-23H2,1-3H3,(H,31,33)(H,32,34)(H,35,36);13H,2-12H2,1H3,(H,17,18)(H,19,20)(H,21,22)/t27-;/m0./s1. The number of nitrogens with one attached hydrogen (secondary N) is 3. The Hall–Kier alpha value is -3.96. The summed E-state index contributed by atoms with van der Waals surface area (Å²) in [5.41, 5.74) is 1.31. The summed E-state index contributed by atoms with van der Waals surface area (Å²) in [6.07, 6.45) is 27.5. The van der Waals surface area contributed by atoms with Crippen molar-refractivity contribution in [2.45, 2.75) is 213 Å². The zero-order valence-corrected chi connectivity index (χ0v) is 36.4. The molecule has 0 aliphatic rings. The first-order valence-corrected chi connectivity index (χ1v) is 22.4. The predicted molar refractivity (Wildman–Crippen MR) is 231 cm³/mol. The minimum absolute atomic E-state index is 0.0536. The van der Waals surface area contributed by atoms with Crippen molar-refractivity contribution >= 4 is 35.6 Å². The summed E-state index contributed by atoms with van der Waals surface area (Å²) < 4.78 is 0. The van der Waals surface area contributed by atoms with E-state index in [9.17, 15) is 33.9 Å². The van der Waals surface area contributed by atoms with Crippen molar-refractivity contribution < 1.29 is 44.1 Å². The fourth-order valence-electron chi connectivity index (χ4n) is 6.54. The Bertz CT molecular complexity index is 1270. The smallest absolute Gasteiger partial charge is 0.326 e. The minimum Gasteiger partial charge on any atom is -0.481 e. The van der Waals surface area contributed by atoms with E-state index in [1.165, 1.54) is 109 Å². The van der Waals surface area contributed by atoms with Crippen LogP contribution >= 0.6 is 0 Å². The highest BCUT2D eigenvalue weighted by Gasteiger charge is 2.23. The molecule has 332 valence electrons. The van der Waals surface area contributed by atoms with Gasteiger partial charge in [-0.05, 0) is 42.9 Å². The van der Waals surface area contributed by atoms with Gasteiger partial charge in [-0.3, -0.25) is 19.2 Å². The molecule has 0 aliphatic heterocycles. The monoisotopic (exact) mass is 818 g/mol. The van der Waals surface area contributed by atoms with Crippen LogP contribution in [0, 0.1) is 5.92 Å². The zero-order valence-electron chi connectivity index (χ0n) is 36.4. The van der Waals surface area contributed by atoms with Gasteiger partial charge in [-0.2, -0.15) is 0 Å². The van der Waals surface area contributed by atoms with E-state index in [-0.39, 0.29) is 18.2 Å². The number of carboxylic acids is 3. The van der Waals surface area contributed by atoms with E-state index in [2.05, 4.69) is 29.8 Å². The molecule has 1 unspecified atom stereocenters. The number of rotatable bonds is 35. The molecule has 1 aromatic rings. The lowest BCUT2D eigenvalue weighted by atomic mass is 10.0. The van der Waals surface area contributed by atoms with Crippen LogP contribution in [0.5, 0.6) is 0 Å². The summed E-state index contributed by atoms with van der Waals surface area (Å²) >= 11 is 0. The van der Waals surface area contributed by atoms with Gasteiger partial charge >= 0.3 is 17.9 Å². The summed E-state index contributed by atoms with van der Waals surface area (Å²) in [6.45, 7) is 8.71. The Labute approximate surface area is 349 Å². The first-order valence-electron chi connectivity index (χ1n) is 22.4. The number of benzene rings is 1. The molecule has 1 rings (SSSR count). The fourth-order valence-corrected chi connectivity index (χ4v) is 6.54. The molecule has 0 bridgehead atoms. The van der Waals surface area contributed by atoms with Gasteiger partial charge in [0.15, 0.2) is 0 Å². The third kappa shape index (κ3) is 32.0. The fraction of sp³-hybridized carbons (Fsp3) is 0.739. The number of hydrogen-bond donors (Lipinski definition) is 6. The Morgan fingerprint density at radius 3 is 1.29 bits per heavy atom. The molecule has 2 atom stereocenters. The van der Waals surface area contributed by atoms with Crippen molar-refractivity contribution in [2.24, 2.45) is 5.92 Å². The van der Waals surface area contributed by atoms with Crippen LogP contribution in [0.4, 0.5) is 0 Å². The molecule has 3 amide bonds. The van der Waals surface area contributed by atoms with Crippen LogP contribution in [0.25, 0.3) is 0 Å². The summed E-state index contributed by atoms with van der Waals surface area (Å²) in [5, 5.41) is 34.5. The molecule has 12 heteroatoms. The summed E-state index contributed by atoms with van der Waals surface area (Å²) in [5.74, 6) is -4.16. The van der Waals surface area contributed by atoms with E-state index >= 15 is 0 Å². The summed E-state index contributed by atoms with van der Waals surface area (Å²) in [4.78, 5) is 68.8. The molecular weight excluding hydrogens is 739 g/mol. The minimum atomic E-state index is -1.34. The van der Waals surface area contributed by atoms with Crippen molar-refractivity contribution in [2.75, 3.05) is 0 Å². The Morgan fingerprint density at radius 2 is 0.914 bits per heavy atom. The molecule has 0 spiro atoms. The second-order valence-electron chi connectivity index (χ2n) is 16.1. The van der Waals surface area contributed by atoms with Gasteiger partial charge < -0.3 is 31.3 Å². The molecule has 58 heavy (non-hydrogen) atoms. The molecule has 0 saturated carbocycles. The SMILES string of the molecule is CCCCCCCCCCCC(=O)NC(CC(=O)O)C(=O)O.CCCCCCCCCCCCCCCC(=O)NCc1ccc(C(=O)N[C@@H](CC(C)C)C(=O)O)cc1. The van der Waals surface area contributed by atoms with Gasteiger partial charge in [0.05, 0.1) is 6.42 Å². The molecule has 6 N–H and O–H groups in total. The van der Waals surface area contributed by atoms with Gasteiger partial charge in [-0.1, -0.05) is 168 Å².